The standard InChI is InChI=1S/C20H24O4/c1-5-24-19(23)16-11(2)6-7-15-12(3)8-13-9-14(21)10-20(13,4)18(22)17(15)16/h6-7,9,11-12,15H,5,8,10H2,1-4H3/t11-,12-,15+,20-/m0/s1. The molecular formula is C20H24O4. The van der Waals surface area contributed by atoms with Gasteiger partial charge in [0.2, 0.25) is 0 Å². The van der Waals surface area contributed by atoms with Gasteiger partial charge in [0.15, 0.2) is 11.6 Å². The number of ether oxygens (including phenoxy) is 1. The van der Waals surface area contributed by atoms with E-state index >= 15 is 0 Å². The summed E-state index contributed by atoms with van der Waals surface area (Å²) in [5.74, 6) is -0.562. The van der Waals surface area contributed by atoms with Gasteiger partial charge in [-0.05, 0) is 32.3 Å². The normalized spacial score (nSPS) is 35.3. The fourth-order valence-electron chi connectivity index (χ4n) is 4.30. The van der Waals surface area contributed by atoms with Crippen LogP contribution >= 0.6 is 0 Å². The van der Waals surface area contributed by atoms with Crippen LogP contribution < -0.4 is 0 Å². The van der Waals surface area contributed by atoms with E-state index in [1.807, 2.05) is 19.9 Å². The summed E-state index contributed by atoms with van der Waals surface area (Å²) >= 11 is 0. The Labute approximate surface area is 142 Å². The van der Waals surface area contributed by atoms with Crippen molar-refractivity contribution in [3.63, 3.8) is 0 Å². The third-order valence-corrected chi connectivity index (χ3v) is 5.65. The molecule has 0 aromatic rings. The summed E-state index contributed by atoms with van der Waals surface area (Å²) in [5, 5.41) is 0. The third kappa shape index (κ3) is 2.40. The summed E-state index contributed by atoms with van der Waals surface area (Å²) in [4.78, 5) is 38.0. The Kier molecular flexibility index (Phi) is 4.10. The number of ketones is 2. The lowest BCUT2D eigenvalue weighted by molar-refractivity contribution is -0.139. The lowest BCUT2D eigenvalue weighted by Crippen LogP contribution is -2.34. The number of Topliss-reactive ketones (excluding diaryl/α,β-unsaturated/α-hetero) is 1. The second kappa shape index (κ2) is 5.83. The fourth-order valence-corrected chi connectivity index (χ4v) is 4.30. The first-order chi connectivity index (χ1) is 11.3. The van der Waals surface area contributed by atoms with Gasteiger partial charge in [0, 0.05) is 23.8 Å². The molecule has 1 fully saturated rings. The molecule has 0 aromatic carbocycles. The van der Waals surface area contributed by atoms with E-state index in [9.17, 15) is 14.4 Å². The quantitative estimate of drug-likeness (QED) is 0.577. The second-order valence-electron chi connectivity index (χ2n) is 7.40. The molecule has 0 N–H and O–H groups in total. The molecule has 0 heterocycles. The number of carbonyl (C=O) groups is 3. The van der Waals surface area contributed by atoms with Crippen molar-refractivity contribution in [2.45, 2.75) is 40.5 Å². The van der Waals surface area contributed by atoms with Crippen molar-refractivity contribution in [2.24, 2.45) is 23.2 Å². The predicted molar refractivity (Wildman–Crippen MR) is 90.1 cm³/mol. The Hall–Kier alpha value is -1.97. The first-order valence-corrected chi connectivity index (χ1v) is 8.67. The van der Waals surface area contributed by atoms with Crippen molar-refractivity contribution in [1.29, 1.82) is 0 Å². The fraction of sp³-hybridized carbons (Fsp3) is 0.550. The lowest BCUT2D eigenvalue weighted by Gasteiger charge is -2.30. The van der Waals surface area contributed by atoms with Gasteiger partial charge in [-0.2, -0.15) is 0 Å². The highest BCUT2D eigenvalue weighted by Gasteiger charge is 2.51. The van der Waals surface area contributed by atoms with E-state index < -0.39 is 11.4 Å². The number of hydrogen-bond acceptors (Lipinski definition) is 4. The smallest absolute Gasteiger partial charge is 0.335 e. The summed E-state index contributed by atoms with van der Waals surface area (Å²) in [6.45, 7) is 7.88. The Morgan fingerprint density at radius 2 is 2.00 bits per heavy atom. The van der Waals surface area contributed by atoms with E-state index in [0.717, 1.165) is 5.57 Å². The molecule has 3 aliphatic rings. The zero-order valence-electron chi connectivity index (χ0n) is 14.7. The van der Waals surface area contributed by atoms with Crippen LogP contribution in [0.1, 0.15) is 40.5 Å². The molecule has 0 aromatic heterocycles. The van der Waals surface area contributed by atoms with Gasteiger partial charge in [-0.1, -0.05) is 31.6 Å². The monoisotopic (exact) mass is 328 g/mol. The summed E-state index contributed by atoms with van der Waals surface area (Å²) in [5.41, 5.74) is 1.15. The maximum atomic E-state index is 13.4. The van der Waals surface area contributed by atoms with Crippen molar-refractivity contribution in [3.8, 4) is 0 Å². The Morgan fingerprint density at radius 3 is 2.67 bits per heavy atom. The van der Waals surface area contributed by atoms with E-state index in [1.54, 1.807) is 13.0 Å². The molecule has 0 amide bonds. The molecule has 0 aliphatic heterocycles. The molecule has 0 radical (unpaired) electrons. The summed E-state index contributed by atoms with van der Waals surface area (Å²) in [7, 11) is 0. The van der Waals surface area contributed by atoms with E-state index in [-0.39, 0.29) is 42.3 Å². The van der Waals surface area contributed by atoms with Crippen LogP contribution in [-0.4, -0.2) is 24.1 Å². The topological polar surface area (TPSA) is 60.4 Å². The van der Waals surface area contributed by atoms with Gasteiger partial charge >= 0.3 is 5.97 Å². The van der Waals surface area contributed by atoms with Crippen LogP contribution in [0.25, 0.3) is 0 Å². The molecule has 128 valence electrons. The highest BCUT2D eigenvalue weighted by atomic mass is 16.5. The largest absolute Gasteiger partial charge is 0.463 e. The lowest BCUT2D eigenvalue weighted by atomic mass is 9.72. The predicted octanol–water partition coefficient (Wildman–Crippen LogP) is 3.18. The van der Waals surface area contributed by atoms with Crippen LogP contribution in [-0.2, 0) is 19.1 Å². The molecule has 4 nitrogen and oxygen atoms in total. The van der Waals surface area contributed by atoms with Gasteiger partial charge in [0.05, 0.1) is 17.6 Å². The molecular weight excluding hydrogens is 304 g/mol. The molecule has 4 atom stereocenters. The molecule has 0 saturated heterocycles. The maximum absolute atomic E-state index is 13.4. The third-order valence-electron chi connectivity index (χ3n) is 5.65. The van der Waals surface area contributed by atoms with Crippen LogP contribution in [0.15, 0.2) is 34.9 Å². The minimum absolute atomic E-state index is 0.00387. The number of fused-ring (bicyclic) bond motifs is 2. The number of allylic oxidation sites excluding steroid dienone is 5. The molecule has 3 rings (SSSR count). The van der Waals surface area contributed by atoms with Crippen molar-refractivity contribution < 1.29 is 19.1 Å². The van der Waals surface area contributed by atoms with Crippen LogP contribution in [0.2, 0.25) is 0 Å². The zero-order chi connectivity index (χ0) is 17.6. The van der Waals surface area contributed by atoms with Crippen LogP contribution in [0.3, 0.4) is 0 Å². The molecule has 4 heteroatoms. The minimum atomic E-state index is -0.807. The highest BCUT2D eigenvalue weighted by Crippen LogP contribution is 2.51. The SMILES string of the molecule is CCOC(=O)C1=C2C(=O)[C@@]3(C)CC(=O)C=C3C[C@H](C)[C@H]2C=C[C@@H]1C. The average Bonchev–Trinajstić information content (AvgIpc) is 2.77. The van der Waals surface area contributed by atoms with Crippen LogP contribution in [0, 0.1) is 23.2 Å². The average molecular weight is 328 g/mol. The first-order valence-electron chi connectivity index (χ1n) is 8.67. The minimum Gasteiger partial charge on any atom is -0.463 e. The Morgan fingerprint density at radius 1 is 1.29 bits per heavy atom. The molecule has 0 unspecified atom stereocenters. The first kappa shape index (κ1) is 16.9. The second-order valence-corrected chi connectivity index (χ2v) is 7.40. The van der Waals surface area contributed by atoms with Crippen LogP contribution in [0.5, 0.6) is 0 Å². The summed E-state index contributed by atoms with van der Waals surface area (Å²) < 4.78 is 5.23. The van der Waals surface area contributed by atoms with E-state index in [4.69, 9.17) is 4.74 Å². The van der Waals surface area contributed by atoms with Crippen LogP contribution in [0.4, 0.5) is 0 Å². The van der Waals surface area contributed by atoms with E-state index in [2.05, 4.69) is 13.0 Å². The van der Waals surface area contributed by atoms with Gasteiger partial charge in [0.1, 0.15) is 0 Å². The summed E-state index contributed by atoms with van der Waals surface area (Å²) in [6.07, 6.45) is 6.60. The Balaban J connectivity index is 2.19. The van der Waals surface area contributed by atoms with Crippen molar-refractivity contribution >= 4 is 17.5 Å². The van der Waals surface area contributed by atoms with E-state index in [0.29, 0.717) is 17.6 Å². The zero-order valence-corrected chi connectivity index (χ0v) is 14.7. The number of rotatable bonds is 2. The van der Waals surface area contributed by atoms with Gasteiger partial charge in [0.25, 0.3) is 0 Å². The van der Waals surface area contributed by atoms with Crippen molar-refractivity contribution in [3.05, 3.63) is 34.9 Å². The number of carbonyl (C=O) groups excluding carboxylic acids is 3. The number of hydrogen-bond donors (Lipinski definition) is 0. The van der Waals surface area contributed by atoms with Gasteiger partial charge < -0.3 is 4.74 Å². The van der Waals surface area contributed by atoms with Crippen molar-refractivity contribution in [1.82, 2.24) is 0 Å². The molecule has 0 spiro atoms. The van der Waals surface area contributed by atoms with Crippen molar-refractivity contribution in [2.75, 3.05) is 6.61 Å². The molecule has 24 heavy (non-hydrogen) atoms. The van der Waals surface area contributed by atoms with Gasteiger partial charge in [-0.25, -0.2) is 4.79 Å². The Bertz CT molecular complexity index is 709. The molecule has 0 bridgehead atoms. The van der Waals surface area contributed by atoms with Gasteiger partial charge in [-0.3, -0.25) is 9.59 Å². The molecule has 1 saturated carbocycles. The highest BCUT2D eigenvalue weighted by molar-refractivity contribution is 6.13. The summed E-state index contributed by atoms with van der Waals surface area (Å²) in [6, 6.07) is 0. The van der Waals surface area contributed by atoms with Gasteiger partial charge in [-0.15, -0.1) is 0 Å². The maximum Gasteiger partial charge on any atom is 0.335 e. The van der Waals surface area contributed by atoms with E-state index in [1.165, 1.54) is 0 Å². The molecule has 3 aliphatic carbocycles. The number of esters is 1.